The molecular formula is C21H22BrN5O. The number of aliphatic imine (C=N–C) groups is 1. The number of H-pyrrole nitrogens is 2. The van der Waals surface area contributed by atoms with Gasteiger partial charge in [-0.1, -0.05) is 22.0 Å². The lowest BCUT2D eigenvalue weighted by Crippen LogP contribution is -2.36. The van der Waals surface area contributed by atoms with Crippen LogP contribution >= 0.6 is 15.9 Å². The van der Waals surface area contributed by atoms with Gasteiger partial charge in [-0.25, -0.2) is 4.98 Å². The van der Waals surface area contributed by atoms with Gasteiger partial charge in [0.05, 0.1) is 17.0 Å². The first-order valence-corrected chi connectivity index (χ1v) is 10.6. The molecule has 2 aromatic heterocycles. The van der Waals surface area contributed by atoms with Gasteiger partial charge in [-0.2, -0.15) is 0 Å². The van der Waals surface area contributed by atoms with Crippen molar-refractivity contribution in [3.63, 3.8) is 0 Å². The third-order valence-electron chi connectivity index (χ3n) is 5.67. The highest BCUT2D eigenvalue weighted by molar-refractivity contribution is 9.10. The van der Waals surface area contributed by atoms with E-state index in [-0.39, 0.29) is 5.56 Å². The highest BCUT2D eigenvalue weighted by Gasteiger charge is 2.23. The predicted octanol–water partition coefficient (Wildman–Crippen LogP) is 3.55. The van der Waals surface area contributed by atoms with Gasteiger partial charge in [-0.3, -0.25) is 14.7 Å². The Morgan fingerprint density at radius 2 is 2.14 bits per heavy atom. The average Bonchev–Trinajstić information content (AvgIpc) is 3.10. The Labute approximate surface area is 171 Å². The van der Waals surface area contributed by atoms with E-state index in [9.17, 15) is 4.79 Å². The lowest BCUT2D eigenvalue weighted by Gasteiger charge is -2.27. The van der Waals surface area contributed by atoms with E-state index in [0.717, 1.165) is 72.3 Å². The van der Waals surface area contributed by atoms with Crippen LogP contribution in [0, 0.1) is 0 Å². The molecule has 3 aromatic rings. The van der Waals surface area contributed by atoms with Gasteiger partial charge >= 0.3 is 0 Å². The second-order valence-corrected chi connectivity index (χ2v) is 8.51. The number of nitrogens with one attached hydrogen (secondary N) is 2. The van der Waals surface area contributed by atoms with E-state index in [4.69, 9.17) is 4.98 Å². The molecule has 0 aliphatic carbocycles. The molecule has 0 amide bonds. The normalized spacial score (nSPS) is 17.5. The van der Waals surface area contributed by atoms with Crippen LogP contribution < -0.4 is 5.56 Å². The zero-order valence-corrected chi connectivity index (χ0v) is 17.2. The third kappa shape index (κ3) is 3.33. The summed E-state index contributed by atoms with van der Waals surface area (Å²) in [4.78, 5) is 30.7. The fourth-order valence-corrected chi connectivity index (χ4v) is 4.53. The SMILES string of the molecule is O=c1[nH]c(C2=NCCCC2)nc2c1CN(Cc1c[nH]c3cc(Br)ccc13)CC2. The summed E-state index contributed by atoms with van der Waals surface area (Å²) in [5.41, 5.74) is 5.06. The van der Waals surface area contributed by atoms with Crippen molar-refractivity contribution in [3.8, 4) is 0 Å². The lowest BCUT2D eigenvalue weighted by molar-refractivity contribution is 0.242. The van der Waals surface area contributed by atoms with Crippen LogP contribution in [-0.2, 0) is 19.5 Å². The van der Waals surface area contributed by atoms with E-state index >= 15 is 0 Å². The third-order valence-corrected chi connectivity index (χ3v) is 6.16. The fraction of sp³-hybridized carbons (Fsp3) is 0.381. The van der Waals surface area contributed by atoms with Crippen LogP contribution in [0.4, 0.5) is 0 Å². The summed E-state index contributed by atoms with van der Waals surface area (Å²) in [5.74, 6) is 0.680. The first kappa shape index (κ1) is 17.8. The van der Waals surface area contributed by atoms with Gasteiger partial charge in [0.25, 0.3) is 5.56 Å². The number of halogens is 1. The van der Waals surface area contributed by atoms with E-state index in [1.165, 1.54) is 10.9 Å². The van der Waals surface area contributed by atoms with Crippen LogP contribution in [0.15, 0.2) is 38.7 Å². The van der Waals surface area contributed by atoms with Crippen molar-refractivity contribution in [1.29, 1.82) is 0 Å². The molecular weight excluding hydrogens is 418 g/mol. The average molecular weight is 440 g/mol. The first-order valence-electron chi connectivity index (χ1n) is 9.81. The van der Waals surface area contributed by atoms with Crippen molar-refractivity contribution < 1.29 is 0 Å². The summed E-state index contributed by atoms with van der Waals surface area (Å²) < 4.78 is 1.07. The molecule has 2 aliphatic heterocycles. The number of aromatic amines is 2. The summed E-state index contributed by atoms with van der Waals surface area (Å²) in [5, 5.41) is 1.23. The zero-order valence-electron chi connectivity index (χ0n) is 15.6. The molecule has 5 rings (SSSR count). The number of nitrogens with zero attached hydrogens (tertiary/aromatic N) is 3. The van der Waals surface area contributed by atoms with Crippen molar-refractivity contribution in [2.75, 3.05) is 13.1 Å². The number of rotatable bonds is 3. The highest BCUT2D eigenvalue weighted by atomic mass is 79.9. The van der Waals surface area contributed by atoms with E-state index < -0.39 is 0 Å². The Balaban J connectivity index is 1.39. The maximum Gasteiger partial charge on any atom is 0.255 e. The molecule has 0 bridgehead atoms. The van der Waals surface area contributed by atoms with Gasteiger partial charge in [0.2, 0.25) is 0 Å². The Bertz CT molecular complexity index is 1130. The minimum Gasteiger partial charge on any atom is -0.361 e. The minimum atomic E-state index is -0.0131. The molecule has 6 nitrogen and oxygen atoms in total. The summed E-state index contributed by atoms with van der Waals surface area (Å²) in [7, 11) is 0. The second-order valence-electron chi connectivity index (χ2n) is 7.59. The van der Waals surface area contributed by atoms with Crippen molar-refractivity contribution in [2.45, 2.75) is 38.8 Å². The topological polar surface area (TPSA) is 77.1 Å². The molecule has 0 saturated heterocycles. The summed E-state index contributed by atoms with van der Waals surface area (Å²) >= 11 is 3.52. The fourth-order valence-electron chi connectivity index (χ4n) is 4.17. The molecule has 2 N–H and O–H groups in total. The Morgan fingerprint density at radius 3 is 3.00 bits per heavy atom. The first-order chi connectivity index (χ1) is 13.7. The van der Waals surface area contributed by atoms with Crippen LogP contribution in [0.1, 0.15) is 41.9 Å². The zero-order chi connectivity index (χ0) is 19.1. The van der Waals surface area contributed by atoms with Crippen molar-refractivity contribution >= 4 is 32.5 Å². The maximum atomic E-state index is 12.7. The lowest BCUT2D eigenvalue weighted by atomic mass is 10.0. The van der Waals surface area contributed by atoms with Gasteiger partial charge in [0, 0.05) is 54.2 Å². The molecule has 7 heteroatoms. The van der Waals surface area contributed by atoms with E-state index in [2.05, 4.69) is 60.2 Å². The van der Waals surface area contributed by atoms with Crippen LogP contribution in [0.25, 0.3) is 10.9 Å². The van der Waals surface area contributed by atoms with Gasteiger partial charge < -0.3 is 9.97 Å². The molecule has 0 spiro atoms. The van der Waals surface area contributed by atoms with Crippen LogP contribution in [0.5, 0.6) is 0 Å². The van der Waals surface area contributed by atoms with E-state index in [0.29, 0.717) is 12.4 Å². The van der Waals surface area contributed by atoms with Crippen molar-refractivity contribution in [3.05, 3.63) is 61.9 Å². The summed E-state index contributed by atoms with van der Waals surface area (Å²) in [6.07, 6.45) is 6.02. The molecule has 2 aliphatic rings. The summed E-state index contributed by atoms with van der Waals surface area (Å²) in [6, 6.07) is 6.29. The van der Waals surface area contributed by atoms with Crippen molar-refractivity contribution in [2.24, 2.45) is 4.99 Å². The molecule has 0 radical (unpaired) electrons. The predicted molar refractivity (Wildman–Crippen MR) is 114 cm³/mol. The number of benzene rings is 1. The maximum absolute atomic E-state index is 12.7. The molecule has 4 heterocycles. The Morgan fingerprint density at radius 1 is 1.21 bits per heavy atom. The van der Waals surface area contributed by atoms with E-state index in [1.807, 2.05) is 0 Å². The van der Waals surface area contributed by atoms with E-state index in [1.54, 1.807) is 0 Å². The Hall–Kier alpha value is -2.25. The molecule has 0 unspecified atom stereocenters. The van der Waals surface area contributed by atoms with Gasteiger partial charge in [0.1, 0.15) is 0 Å². The quantitative estimate of drug-likeness (QED) is 0.654. The molecule has 28 heavy (non-hydrogen) atoms. The van der Waals surface area contributed by atoms with Gasteiger partial charge in [-0.05, 0) is 37.0 Å². The highest BCUT2D eigenvalue weighted by Crippen LogP contribution is 2.25. The molecule has 1 aromatic carbocycles. The molecule has 0 fully saturated rings. The van der Waals surface area contributed by atoms with Gasteiger partial charge in [0.15, 0.2) is 5.82 Å². The minimum absolute atomic E-state index is 0.0131. The second kappa shape index (κ2) is 7.29. The monoisotopic (exact) mass is 439 g/mol. The number of hydrogen-bond donors (Lipinski definition) is 2. The molecule has 0 saturated carbocycles. The Kier molecular flexibility index (Phi) is 4.64. The summed E-state index contributed by atoms with van der Waals surface area (Å²) in [6.45, 7) is 3.19. The molecule has 144 valence electrons. The smallest absolute Gasteiger partial charge is 0.255 e. The van der Waals surface area contributed by atoms with Crippen LogP contribution in [-0.4, -0.2) is 38.7 Å². The van der Waals surface area contributed by atoms with Gasteiger partial charge in [-0.15, -0.1) is 0 Å². The number of fused-ring (bicyclic) bond motifs is 2. The standard InChI is InChI=1S/C21H22BrN5O/c22-14-4-5-15-13(10-24-19(15)9-14)11-27-8-6-17-16(12-27)21(28)26-20(25-17)18-3-1-2-7-23-18/h4-5,9-10,24H,1-3,6-8,11-12H2,(H,25,26,28). The van der Waals surface area contributed by atoms with Crippen LogP contribution in [0.3, 0.4) is 0 Å². The number of aromatic nitrogens is 3. The molecule has 0 atom stereocenters. The largest absolute Gasteiger partial charge is 0.361 e. The number of hydrogen-bond acceptors (Lipinski definition) is 4. The van der Waals surface area contributed by atoms with Crippen molar-refractivity contribution in [1.82, 2.24) is 19.9 Å². The van der Waals surface area contributed by atoms with Crippen LogP contribution in [0.2, 0.25) is 0 Å².